The van der Waals surface area contributed by atoms with E-state index in [1.54, 1.807) is 0 Å². The van der Waals surface area contributed by atoms with Gasteiger partial charge in [-0.1, -0.05) is 0 Å². The number of halogens is 3. The second kappa shape index (κ2) is 7.56. The van der Waals surface area contributed by atoms with Crippen LogP contribution in [0.4, 0.5) is 19.1 Å². The Morgan fingerprint density at radius 1 is 1.43 bits per heavy atom. The van der Waals surface area contributed by atoms with E-state index in [1.165, 1.54) is 0 Å². The van der Waals surface area contributed by atoms with Crippen molar-refractivity contribution >= 4 is 5.95 Å². The van der Waals surface area contributed by atoms with Crippen LogP contribution in [0.2, 0.25) is 0 Å². The fourth-order valence-electron chi connectivity index (χ4n) is 1.94. The zero-order chi connectivity index (χ0) is 15.1. The number of hydrogen-bond donors (Lipinski definition) is 1. The number of hydrogen-bond acceptors (Lipinski definition) is 5. The fraction of sp³-hybridized carbons (Fsp3) is 0.692. The van der Waals surface area contributed by atoms with Crippen molar-refractivity contribution in [2.45, 2.75) is 19.0 Å². The maximum atomic E-state index is 12.5. The van der Waals surface area contributed by atoms with Gasteiger partial charge >= 0.3 is 6.18 Å². The monoisotopic (exact) mass is 305 g/mol. The third-order valence-electron chi connectivity index (χ3n) is 3.07. The molecule has 1 atom stereocenters. The van der Waals surface area contributed by atoms with Crippen LogP contribution in [-0.2, 0) is 15.7 Å². The molecule has 1 unspecified atom stereocenters. The molecule has 0 amide bonds. The van der Waals surface area contributed by atoms with E-state index in [1.807, 2.05) is 0 Å². The fourth-order valence-corrected chi connectivity index (χ4v) is 1.94. The van der Waals surface area contributed by atoms with E-state index in [2.05, 4.69) is 15.3 Å². The molecule has 1 N–H and O–H groups in total. The van der Waals surface area contributed by atoms with Gasteiger partial charge in [0.25, 0.3) is 0 Å². The van der Waals surface area contributed by atoms with Gasteiger partial charge in [0.15, 0.2) is 0 Å². The standard InChI is InChI=1S/C13H18F3N3O2/c14-13(15,16)11-2-5-18-12(19-11)17-4-1-6-20-8-10-3-7-21-9-10/h2,5,10H,1,3-4,6-9H2,(H,17,18,19). The molecule has 8 heteroatoms. The first-order valence-electron chi connectivity index (χ1n) is 6.85. The zero-order valence-corrected chi connectivity index (χ0v) is 11.5. The molecule has 1 aliphatic rings. The summed E-state index contributed by atoms with van der Waals surface area (Å²) in [5.41, 5.74) is -0.947. The summed E-state index contributed by atoms with van der Waals surface area (Å²) >= 11 is 0. The summed E-state index contributed by atoms with van der Waals surface area (Å²) in [6.07, 6.45) is -1.66. The molecule has 5 nitrogen and oxygen atoms in total. The summed E-state index contributed by atoms with van der Waals surface area (Å²) in [5, 5.41) is 2.76. The number of aromatic nitrogens is 2. The van der Waals surface area contributed by atoms with Crippen molar-refractivity contribution in [3.63, 3.8) is 0 Å². The molecule has 1 aliphatic heterocycles. The average molecular weight is 305 g/mol. The molecule has 0 aromatic carbocycles. The van der Waals surface area contributed by atoms with Crippen LogP contribution in [0.3, 0.4) is 0 Å². The molecule has 0 radical (unpaired) electrons. The van der Waals surface area contributed by atoms with E-state index in [-0.39, 0.29) is 5.95 Å². The van der Waals surface area contributed by atoms with Crippen LogP contribution in [0.25, 0.3) is 0 Å². The highest BCUT2D eigenvalue weighted by Crippen LogP contribution is 2.27. The predicted octanol–water partition coefficient (Wildman–Crippen LogP) is 2.35. The highest BCUT2D eigenvalue weighted by atomic mass is 19.4. The lowest BCUT2D eigenvalue weighted by Crippen LogP contribution is -2.14. The van der Waals surface area contributed by atoms with Gasteiger partial charge in [0.2, 0.25) is 5.95 Å². The maximum Gasteiger partial charge on any atom is 0.433 e. The second-order valence-corrected chi connectivity index (χ2v) is 4.85. The molecule has 1 aromatic heterocycles. The number of nitrogens with one attached hydrogen (secondary N) is 1. The SMILES string of the molecule is FC(F)(F)c1ccnc(NCCCOCC2CCOC2)n1. The summed E-state index contributed by atoms with van der Waals surface area (Å²) in [5.74, 6) is 0.443. The first kappa shape index (κ1) is 16.0. The van der Waals surface area contributed by atoms with Crippen molar-refractivity contribution in [1.29, 1.82) is 0 Å². The highest BCUT2D eigenvalue weighted by molar-refractivity contribution is 5.25. The lowest BCUT2D eigenvalue weighted by Gasteiger charge is -2.10. The summed E-state index contributed by atoms with van der Waals surface area (Å²) in [6.45, 7) is 3.21. The minimum absolute atomic E-state index is 0.0194. The summed E-state index contributed by atoms with van der Waals surface area (Å²) in [7, 11) is 0. The van der Waals surface area contributed by atoms with Crippen molar-refractivity contribution in [3.05, 3.63) is 18.0 Å². The number of alkyl halides is 3. The van der Waals surface area contributed by atoms with Crippen LogP contribution in [0, 0.1) is 5.92 Å². The molecule has 2 rings (SSSR count). The van der Waals surface area contributed by atoms with Crippen LogP contribution in [0.15, 0.2) is 12.3 Å². The second-order valence-electron chi connectivity index (χ2n) is 4.85. The third-order valence-corrected chi connectivity index (χ3v) is 3.07. The maximum absolute atomic E-state index is 12.5. The van der Waals surface area contributed by atoms with E-state index < -0.39 is 11.9 Å². The van der Waals surface area contributed by atoms with E-state index in [4.69, 9.17) is 9.47 Å². The molecule has 0 bridgehead atoms. The molecule has 1 aromatic rings. The number of nitrogens with zero attached hydrogens (tertiary/aromatic N) is 2. The molecule has 0 spiro atoms. The van der Waals surface area contributed by atoms with E-state index in [0.29, 0.717) is 32.1 Å². The Morgan fingerprint density at radius 2 is 2.29 bits per heavy atom. The molecule has 0 aliphatic carbocycles. The zero-order valence-electron chi connectivity index (χ0n) is 11.5. The van der Waals surface area contributed by atoms with Gasteiger partial charge in [-0.15, -0.1) is 0 Å². The Kier molecular flexibility index (Phi) is 5.75. The first-order chi connectivity index (χ1) is 10.1. The van der Waals surface area contributed by atoms with Crippen molar-refractivity contribution < 1.29 is 22.6 Å². The summed E-state index contributed by atoms with van der Waals surface area (Å²) in [4.78, 5) is 7.17. The Labute approximate surface area is 120 Å². The van der Waals surface area contributed by atoms with Gasteiger partial charge in [0.05, 0.1) is 13.2 Å². The lowest BCUT2D eigenvalue weighted by atomic mass is 10.1. The predicted molar refractivity (Wildman–Crippen MR) is 69.9 cm³/mol. The van der Waals surface area contributed by atoms with Crippen LogP contribution < -0.4 is 5.32 Å². The Balaban J connectivity index is 1.62. The number of rotatable bonds is 7. The third kappa shape index (κ3) is 5.47. The van der Waals surface area contributed by atoms with Crippen LogP contribution >= 0.6 is 0 Å². The van der Waals surface area contributed by atoms with Crippen molar-refractivity contribution in [2.24, 2.45) is 5.92 Å². The topological polar surface area (TPSA) is 56.3 Å². The van der Waals surface area contributed by atoms with Gasteiger partial charge in [0.1, 0.15) is 5.69 Å². The Bertz CT molecular complexity index is 437. The lowest BCUT2D eigenvalue weighted by molar-refractivity contribution is -0.141. The number of anilines is 1. The quantitative estimate of drug-likeness (QED) is 0.784. The van der Waals surface area contributed by atoms with Gasteiger partial charge < -0.3 is 14.8 Å². The van der Waals surface area contributed by atoms with Crippen molar-refractivity contribution in [2.75, 3.05) is 38.3 Å². The van der Waals surface area contributed by atoms with Crippen molar-refractivity contribution in [3.8, 4) is 0 Å². The van der Waals surface area contributed by atoms with E-state index in [0.717, 1.165) is 31.9 Å². The highest BCUT2D eigenvalue weighted by Gasteiger charge is 2.32. The van der Waals surface area contributed by atoms with Crippen LogP contribution in [-0.4, -0.2) is 42.9 Å². The van der Waals surface area contributed by atoms with Crippen LogP contribution in [0.5, 0.6) is 0 Å². The minimum Gasteiger partial charge on any atom is -0.381 e. The van der Waals surface area contributed by atoms with Crippen LogP contribution in [0.1, 0.15) is 18.5 Å². The number of ether oxygens (including phenoxy) is 2. The normalized spacial score (nSPS) is 18.9. The van der Waals surface area contributed by atoms with Gasteiger partial charge in [-0.2, -0.15) is 13.2 Å². The molecule has 118 valence electrons. The molecule has 2 heterocycles. The first-order valence-corrected chi connectivity index (χ1v) is 6.85. The molecule has 21 heavy (non-hydrogen) atoms. The van der Waals surface area contributed by atoms with Gasteiger partial charge in [-0.05, 0) is 18.9 Å². The minimum atomic E-state index is -4.45. The molecule has 1 fully saturated rings. The molecule has 0 saturated carbocycles. The summed E-state index contributed by atoms with van der Waals surface area (Å²) < 4.78 is 48.1. The molecular weight excluding hydrogens is 287 g/mol. The van der Waals surface area contributed by atoms with E-state index in [9.17, 15) is 13.2 Å². The van der Waals surface area contributed by atoms with Gasteiger partial charge in [0, 0.05) is 31.9 Å². The molecule has 1 saturated heterocycles. The Hall–Kier alpha value is -1.41. The van der Waals surface area contributed by atoms with Gasteiger partial charge in [-0.3, -0.25) is 0 Å². The Morgan fingerprint density at radius 3 is 3.00 bits per heavy atom. The van der Waals surface area contributed by atoms with E-state index >= 15 is 0 Å². The van der Waals surface area contributed by atoms with Gasteiger partial charge in [-0.25, -0.2) is 9.97 Å². The average Bonchev–Trinajstić information content (AvgIpc) is 2.95. The molecular formula is C13H18F3N3O2. The van der Waals surface area contributed by atoms with Crippen molar-refractivity contribution in [1.82, 2.24) is 9.97 Å². The largest absolute Gasteiger partial charge is 0.433 e. The smallest absolute Gasteiger partial charge is 0.381 e. The summed E-state index contributed by atoms with van der Waals surface area (Å²) in [6, 6.07) is 0.845.